The van der Waals surface area contributed by atoms with Crippen molar-refractivity contribution in [1.29, 1.82) is 0 Å². The molecule has 0 saturated carbocycles. The third-order valence-corrected chi connectivity index (χ3v) is 3.87. The van der Waals surface area contributed by atoms with Crippen LogP contribution in [0.1, 0.15) is 17.2 Å². The highest BCUT2D eigenvalue weighted by molar-refractivity contribution is 5.90. The normalized spacial score (nSPS) is 12.0. The maximum atomic E-state index is 12.2. The molecule has 1 aromatic heterocycles. The molecule has 0 radical (unpaired) electrons. The van der Waals surface area contributed by atoms with Crippen molar-refractivity contribution < 1.29 is 9.72 Å². The molecule has 134 valence electrons. The molecule has 9 heteroatoms. The number of hydrogen-bond acceptors (Lipinski definition) is 5. The van der Waals surface area contributed by atoms with Crippen LogP contribution in [-0.2, 0) is 7.05 Å². The molecule has 0 aliphatic rings. The zero-order valence-corrected chi connectivity index (χ0v) is 14.7. The van der Waals surface area contributed by atoms with Crippen LogP contribution >= 0.6 is 0 Å². The van der Waals surface area contributed by atoms with E-state index in [-0.39, 0.29) is 11.7 Å². The van der Waals surface area contributed by atoms with Crippen molar-refractivity contribution in [3.05, 3.63) is 51.8 Å². The van der Waals surface area contributed by atoms with Gasteiger partial charge in [0.25, 0.3) is 5.69 Å². The lowest BCUT2D eigenvalue weighted by Crippen LogP contribution is -2.36. The summed E-state index contributed by atoms with van der Waals surface area (Å²) in [5.41, 5.74) is 2.08. The minimum absolute atomic E-state index is 0.0364. The highest BCUT2D eigenvalue weighted by Crippen LogP contribution is 2.22. The maximum Gasteiger partial charge on any atom is 0.319 e. The molecule has 0 fully saturated rings. The van der Waals surface area contributed by atoms with E-state index >= 15 is 0 Å². The van der Waals surface area contributed by atoms with Crippen LogP contribution in [0.3, 0.4) is 0 Å². The number of rotatable bonds is 6. The molecule has 0 aliphatic carbocycles. The van der Waals surface area contributed by atoms with Crippen molar-refractivity contribution in [2.24, 2.45) is 7.05 Å². The fraction of sp³-hybridized carbons (Fsp3) is 0.375. The number of nitrogens with zero attached hydrogens (tertiary/aromatic N) is 4. The van der Waals surface area contributed by atoms with Crippen LogP contribution in [0.2, 0.25) is 0 Å². The molecule has 0 bridgehead atoms. The van der Waals surface area contributed by atoms with E-state index in [1.165, 1.54) is 12.1 Å². The first-order valence-corrected chi connectivity index (χ1v) is 7.72. The average molecular weight is 346 g/mol. The van der Waals surface area contributed by atoms with E-state index in [1.807, 2.05) is 32.2 Å². The Morgan fingerprint density at radius 2 is 2.16 bits per heavy atom. The van der Waals surface area contributed by atoms with E-state index in [0.717, 1.165) is 11.1 Å². The van der Waals surface area contributed by atoms with Crippen molar-refractivity contribution in [2.75, 3.05) is 26.0 Å². The number of carbonyl (C=O) groups excluding carboxylic acids is 1. The van der Waals surface area contributed by atoms with Crippen LogP contribution in [0.5, 0.6) is 0 Å². The predicted octanol–water partition coefficient (Wildman–Crippen LogP) is 2.06. The molecule has 1 heterocycles. The zero-order chi connectivity index (χ0) is 18.6. The molecule has 0 unspecified atom stereocenters. The first-order chi connectivity index (χ1) is 11.8. The molecular formula is C16H22N6O3. The van der Waals surface area contributed by atoms with Crippen LogP contribution in [0.4, 0.5) is 16.2 Å². The second-order valence-electron chi connectivity index (χ2n) is 6.02. The Labute approximate surface area is 145 Å². The Hall–Kier alpha value is -2.94. The number of nitro groups is 1. The van der Waals surface area contributed by atoms with Crippen LogP contribution in [-0.4, -0.2) is 46.3 Å². The number of benzene rings is 1. The standard InChI is InChI=1S/C16H22N6O3/c1-11-5-6-13(22(24)25)7-14(11)19-16(23)17-9-15(20(2)3)12-8-18-21(4)10-12/h5-8,10,15H,9H2,1-4H3,(H2,17,19,23)/t15-/m1/s1. The fourth-order valence-corrected chi connectivity index (χ4v) is 2.42. The monoisotopic (exact) mass is 346 g/mol. The molecule has 0 aliphatic heterocycles. The second-order valence-corrected chi connectivity index (χ2v) is 6.02. The van der Waals surface area contributed by atoms with Gasteiger partial charge in [-0.1, -0.05) is 6.07 Å². The summed E-state index contributed by atoms with van der Waals surface area (Å²) in [6, 6.07) is 3.90. The number of anilines is 1. The van der Waals surface area contributed by atoms with Crippen molar-refractivity contribution >= 4 is 17.4 Å². The van der Waals surface area contributed by atoms with Gasteiger partial charge in [-0.2, -0.15) is 5.10 Å². The van der Waals surface area contributed by atoms with Gasteiger partial charge >= 0.3 is 6.03 Å². The highest BCUT2D eigenvalue weighted by Gasteiger charge is 2.17. The van der Waals surface area contributed by atoms with Crippen LogP contribution in [0.15, 0.2) is 30.6 Å². The number of aryl methyl sites for hydroxylation is 2. The Balaban J connectivity index is 2.02. The molecular weight excluding hydrogens is 324 g/mol. The number of hydrogen-bond donors (Lipinski definition) is 2. The van der Waals surface area contributed by atoms with Gasteiger partial charge in [-0.3, -0.25) is 14.8 Å². The van der Waals surface area contributed by atoms with Crippen LogP contribution in [0, 0.1) is 17.0 Å². The number of amides is 2. The van der Waals surface area contributed by atoms with Crippen LogP contribution in [0.25, 0.3) is 0 Å². The Bertz CT molecular complexity index is 771. The van der Waals surface area contributed by atoms with Crippen molar-refractivity contribution in [3.8, 4) is 0 Å². The number of aromatic nitrogens is 2. The topological polar surface area (TPSA) is 105 Å². The Morgan fingerprint density at radius 1 is 1.44 bits per heavy atom. The van der Waals surface area contributed by atoms with Gasteiger partial charge in [0.05, 0.1) is 22.8 Å². The number of likely N-dealkylation sites (N-methyl/N-ethyl adjacent to an activating group) is 1. The van der Waals surface area contributed by atoms with Gasteiger partial charge in [-0.25, -0.2) is 4.79 Å². The van der Waals surface area contributed by atoms with Crippen LogP contribution < -0.4 is 10.6 Å². The molecule has 2 rings (SSSR count). The minimum atomic E-state index is -0.493. The molecule has 2 N–H and O–H groups in total. The van der Waals surface area contributed by atoms with Gasteiger partial charge in [-0.15, -0.1) is 0 Å². The minimum Gasteiger partial charge on any atom is -0.336 e. The van der Waals surface area contributed by atoms with E-state index in [2.05, 4.69) is 15.7 Å². The lowest BCUT2D eigenvalue weighted by atomic mass is 10.1. The lowest BCUT2D eigenvalue weighted by Gasteiger charge is -2.23. The van der Waals surface area contributed by atoms with Gasteiger partial charge < -0.3 is 15.5 Å². The van der Waals surface area contributed by atoms with Gasteiger partial charge in [0, 0.05) is 37.5 Å². The summed E-state index contributed by atoms with van der Waals surface area (Å²) in [5, 5.41) is 20.5. The van der Waals surface area contributed by atoms with E-state index in [1.54, 1.807) is 23.9 Å². The third-order valence-electron chi connectivity index (χ3n) is 3.87. The lowest BCUT2D eigenvalue weighted by molar-refractivity contribution is -0.384. The number of nitrogens with one attached hydrogen (secondary N) is 2. The maximum absolute atomic E-state index is 12.2. The molecule has 2 amide bonds. The smallest absolute Gasteiger partial charge is 0.319 e. The molecule has 0 saturated heterocycles. The summed E-state index contributed by atoms with van der Waals surface area (Å²) in [6.07, 6.45) is 3.66. The number of carbonyl (C=O) groups is 1. The second kappa shape index (κ2) is 7.75. The van der Waals surface area contributed by atoms with Gasteiger partial charge in [0.2, 0.25) is 0 Å². The number of urea groups is 1. The highest BCUT2D eigenvalue weighted by atomic mass is 16.6. The Morgan fingerprint density at radius 3 is 2.72 bits per heavy atom. The molecule has 2 aromatic rings. The molecule has 0 spiro atoms. The van der Waals surface area contributed by atoms with Gasteiger partial charge in [0.15, 0.2) is 0 Å². The predicted molar refractivity (Wildman–Crippen MR) is 94.5 cm³/mol. The van der Waals surface area contributed by atoms with Gasteiger partial charge in [-0.05, 0) is 26.6 Å². The Kier molecular flexibility index (Phi) is 5.71. The van der Waals surface area contributed by atoms with E-state index in [9.17, 15) is 14.9 Å². The summed E-state index contributed by atoms with van der Waals surface area (Å²) in [4.78, 5) is 24.5. The fourth-order valence-electron chi connectivity index (χ4n) is 2.42. The summed E-state index contributed by atoms with van der Waals surface area (Å²) in [6.45, 7) is 2.15. The third kappa shape index (κ3) is 4.77. The molecule has 25 heavy (non-hydrogen) atoms. The summed E-state index contributed by atoms with van der Waals surface area (Å²) in [5.74, 6) is 0. The van der Waals surface area contributed by atoms with E-state index < -0.39 is 11.0 Å². The first-order valence-electron chi connectivity index (χ1n) is 7.72. The van der Waals surface area contributed by atoms with Crippen molar-refractivity contribution in [1.82, 2.24) is 20.0 Å². The van der Waals surface area contributed by atoms with E-state index in [0.29, 0.717) is 12.2 Å². The largest absolute Gasteiger partial charge is 0.336 e. The van der Waals surface area contributed by atoms with E-state index in [4.69, 9.17) is 0 Å². The summed E-state index contributed by atoms with van der Waals surface area (Å²) in [7, 11) is 5.67. The van der Waals surface area contributed by atoms with Crippen molar-refractivity contribution in [3.63, 3.8) is 0 Å². The molecule has 1 aromatic carbocycles. The number of nitro benzene ring substituents is 1. The van der Waals surface area contributed by atoms with Crippen molar-refractivity contribution in [2.45, 2.75) is 13.0 Å². The summed E-state index contributed by atoms with van der Waals surface area (Å²) >= 11 is 0. The quantitative estimate of drug-likeness (QED) is 0.615. The summed E-state index contributed by atoms with van der Waals surface area (Å²) < 4.78 is 1.71. The molecule has 1 atom stereocenters. The molecule has 9 nitrogen and oxygen atoms in total. The first kappa shape index (κ1) is 18.4. The zero-order valence-electron chi connectivity index (χ0n) is 14.7. The SMILES string of the molecule is Cc1ccc([N+](=O)[O-])cc1NC(=O)NC[C@H](c1cnn(C)c1)N(C)C. The average Bonchev–Trinajstić information content (AvgIpc) is 2.95. The van der Waals surface area contributed by atoms with Gasteiger partial charge in [0.1, 0.15) is 0 Å². The number of non-ortho nitro benzene ring substituents is 1.